The van der Waals surface area contributed by atoms with Crippen LogP contribution in [0.25, 0.3) is 0 Å². The second-order valence-corrected chi connectivity index (χ2v) is 5.17. The highest BCUT2D eigenvalue weighted by atomic mass is 35.5. The SMILES string of the molecule is CC1(C(=O)Nc2ccc(Cl)cn2)CCCC1N. The molecule has 0 aromatic carbocycles. The highest BCUT2D eigenvalue weighted by molar-refractivity contribution is 6.30. The second-order valence-electron chi connectivity index (χ2n) is 4.73. The van der Waals surface area contributed by atoms with Crippen LogP contribution < -0.4 is 11.1 Å². The molecular formula is C12H16ClN3O. The third kappa shape index (κ3) is 2.42. The largest absolute Gasteiger partial charge is 0.327 e. The molecule has 1 heterocycles. The first kappa shape index (κ1) is 12.3. The number of nitrogens with one attached hydrogen (secondary N) is 1. The van der Waals surface area contributed by atoms with Crippen molar-refractivity contribution in [1.29, 1.82) is 0 Å². The minimum Gasteiger partial charge on any atom is -0.327 e. The van der Waals surface area contributed by atoms with Crippen LogP contribution in [-0.4, -0.2) is 16.9 Å². The van der Waals surface area contributed by atoms with Gasteiger partial charge in [-0.05, 0) is 31.9 Å². The summed E-state index contributed by atoms with van der Waals surface area (Å²) >= 11 is 5.73. The highest BCUT2D eigenvalue weighted by Crippen LogP contribution is 2.37. The molecule has 0 aliphatic heterocycles. The number of nitrogens with zero attached hydrogens (tertiary/aromatic N) is 1. The number of rotatable bonds is 2. The van der Waals surface area contributed by atoms with Crippen molar-refractivity contribution in [2.24, 2.45) is 11.1 Å². The molecule has 0 bridgehead atoms. The third-order valence-corrected chi connectivity index (χ3v) is 3.74. The van der Waals surface area contributed by atoms with Crippen LogP contribution in [0.3, 0.4) is 0 Å². The number of anilines is 1. The summed E-state index contributed by atoms with van der Waals surface area (Å²) in [6.45, 7) is 1.91. The number of hydrogen-bond donors (Lipinski definition) is 2. The zero-order chi connectivity index (χ0) is 12.5. The van der Waals surface area contributed by atoms with Gasteiger partial charge in [0, 0.05) is 12.2 Å². The molecule has 1 aromatic rings. The number of carbonyl (C=O) groups is 1. The Morgan fingerprint density at radius 3 is 2.94 bits per heavy atom. The number of halogens is 1. The Morgan fingerprint density at radius 2 is 2.41 bits per heavy atom. The minimum absolute atomic E-state index is 0.0580. The molecule has 5 heteroatoms. The second kappa shape index (κ2) is 4.63. The van der Waals surface area contributed by atoms with Gasteiger partial charge >= 0.3 is 0 Å². The van der Waals surface area contributed by atoms with Crippen molar-refractivity contribution in [3.63, 3.8) is 0 Å². The van der Waals surface area contributed by atoms with Crippen molar-refractivity contribution < 1.29 is 4.79 Å². The summed E-state index contributed by atoms with van der Waals surface area (Å²) in [5.74, 6) is 0.456. The monoisotopic (exact) mass is 253 g/mol. The fourth-order valence-corrected chi connectivity index (χ4v) is 2.30. The average Bonchev–Trinajstić information content (AvgIpc) is 2.64. The van der Waals surface area contributed by atoms with Gasteiger partial charge in [-0.3, -0.25) is 4.79 Å². The van der Waals surface area contributed by atoms with Crippen LogP contribution in [0.15, 0.2) is 18.3 Å². The molecule has 17 heavy (non-hydrogen) atoms. The molecule has 1 amide bonds. The number of hydrogen-bond acceptors (Lipinski definition) is 3. The Hall–Kier alpha value is -1.13. The topological polar surface area (TPSA) is 68.0 Å². The van der Waals surface area contributed by atoms with E-state index in [1.54, 1.807) is 12.1 Å². The zero-order valence-electron chi connectivity index (χ0n) is 9.74. The predicted octanol–water partition coefficient (Wildman–Crippen LogP) is 2.19. The van der Waals surface area contributed by atoms with Gasteiger partial charge in [0.25, 0.3) is 0 Å². The van der Waals surface area contributed by atoms with Crippen molar-refractivity contribution >= 4 is 23.3 Å². The van der Waals surface area contributed by atoms with Gasteiger partial charge in [-0.25, -0.2) is 4.98 Å². The van der Waals surface area contributed by atoms with Crippen molar-refractivity contribution in [2.75, 3.05) is 5.32 Å². The highest BCUT2D eigenvalue weighted by Gasteiger charge is 2.43. The van der Waals surface area contributed by atoms with Gasteiger partial charge in [0.2, 0.25) is 5.91 Å². The van der Waals surface area contributed by atoms with E-state index in [0.29, 0.717) is 10.8 Å². The number of nitrogens with two attached hydrogens (primary N) is 1. The average molecular weight is 254 g/mol. The molecule has 2 unspecified atom stereocenters. The quantitative estimate of drug-likeness (QED) is 0.849. The molecule has 2 rings (SSSR count). The first-order valence-electron chi connectivity index (χ1n) is 5.71. The lowest BCUT2D eigenvalue weighted by atomic mass is 9.84. The van der Waals surface area contributed by atoms with Crippen LogP contribution in [0, 0.1) is 5.41 Å². The molecule has 1 saturated carbocycles. The van der Waals surface area contributed by atoms with E-state index in [1.165, 1.54) is 6.20 Å². The maximum Gasteiger partial charge on any atom is 0.233 e. The summed E-state index contributed by atoms with van der Waals surface area (Å²) in [6.07, 6.45) is 4.23. The summed E-state index contributed by atoms with van der Waals surface area (Å²) in [5.41, 5.74) is 5.50. The Bertz CT molecular complexity index is 420. The van der Waals surface area contributed by atoms with Gasteiger partial charge in [-0.1, -0.05) is 18.0 Å². The molecule has 0 radical (unpaired) electrons. The Morgan fingerprint density at radius 1 is 1.65 bits per heavy atom. The van der Waals surface area contributed by atoms with Crippen LogP contribution in [0.2, 0.25) is 5.02 Å². The molecule has 1 aliphatic rings. The Kier molecular flexibility index (Phi) is 3.35. The van der Waals surface area contributed by atoms with Gasteiger partial charge in [0.1, 0.15) is 5.82 Å². The van der Waals surface area contributed by atoms with Crippen LogP contribution in [0.1, 0.15) is 26.2 Å². The van der Waals surface area contributed by atoms with Crippen molar-refractivity contribution in [2.45, 2.75) is 32.2 Å². The molecule has 4 nitrogen and oxygen atoms in total. The van der Waals surface area contributed by atoms with E-state index < -0.39 is 5.41 Å². The molecule has 1 aromatic heterocycles. The van der Waals surface area contributed by atoms with Crippen LogP contribution in [0.4, 0.5) is 5.82 Å². The van der Waals surface area contributed by atoms with E-state index in [0.717, 1.165) is 19.3 Å². The summed E-state index contributed by atoms with van der Waals surface area (Å²) < 4.78 is 0. The van der Waals surface area contributed by atoms with E-state index in [9.17, 15) is 4.79 Å². The van der Waals surface area contributed by atoms with E-state index in [-0.39, 0.29) is 11.9 Å². The molecule has 3 N–H and O–H groups in total. The lowest BCUT2D eigenvalue weighted by Crippen LogP contribution is -2.44. The van der Waals surface area contributed by atoms with Crippen molar-refractivity contribution in [3.8, 4) is 0 Å². The number of pyridine rings is 1. The molecule has 2 atom stereocenters. The van der Waals surface area contributed by atoms with Gasteiger partial charge < -0.3 is 11.1 Å². The van der Waals surface area contributed by atoms with E-state index in [1.807, 2.05) is 6.92 Å². The lowest BCUT2D eigenvalue weighted by molar-refractivity contribution is -0.125. The van der Waals surface area contributed by atoms with E-state index >= 15 is 0 Å². The van der Waals surface area contributed by atoms with Gasteiger partial charge in [-0.15, -0.1) is 0 Å². The van der Waals surface area contributed by atoms with Gasteiger partial charge in [0.05, 0.1) is 10.4 Å². The summed E-state index contributed by atoms with van der Waals surface area (Å²) in [7, 11) is 0. The first-order valence-corrected chi connectivity index (χ1v) is 6.09. The van der Waals surface area contributed by atoms with Gasteiger partial charge in [0.15, 0.2) is 0 Å². The molecule has 1 aliphatic carbocycles. The number of amides is 1. The normalized spacial score (nSPS) is 28.1. The van der Waals surface area contributed by atoms with Crippen molar-refractivity contribution in [1.82, 2.24) is 4.98 Å². The summed E-state index contributed by atoms with van der Waals surface area (Å²) in [5, 5.41) is 3.34. The van der Waals surface area contributed by atoms with Crippen molar-refractivity contribution in [3.05, 3.63) is 23.4 Å². The minimum atomic E-state index is -0.485. The van der Waals surface area contributed by atoms with Crippen LogP contribution in [0.5, 0.6) is 0 Å². The molecule has 92 valence electrons. The Balaban J connectivity index is 2.09. The number of carbonyl (C=O) groups excluding carboxylic acids is 1. The maximum atomic E-state index is 12.2. The fraction of sp³-hybridized carbons (Fsp3) is 0.500. The lowest BCUT2D eigenvalue weighted by Gasteiger charge is -2.27. The predicted molar refractivity (Wildman–Crippen MR) is 67.8 cm³/mol. The zero-order valence-corrected chi connectivity index (χ0v) is 10.5. The van der Waals surface area contributed by atoms with Crippen LogP contribution in [-0.2, 0) is 4.79 Å². The maximum absolute atomic E-state index is 12.2. The molecule has 1 fully saturated rings. The molecule has 0 spiro atoms. The molecular weight excluding hydrogens is 238 g/mol. The summed E-state index contributed by atoms with van der Waals surface area (Å²) in [6, 6.07) is 3.31. The summed E-state index contributed by atoms with van der Waals surface area (Å²) in [4.78, 5) is 16.2. The van der Waals surface area contributed by atoms with E-state index in [4.69, 9.17) is 17.3 Å². The smallest absolute Gasteiger partial charge is 0.233 e. The van der Waals surface area contributed by atoms with Crippen LogP contribution >= 0.6 is 11.6 Å². The third-order valence-electron chi connectivity index (χ3n) is 3.52. The molecule has 0 saturated heterocycles. The standard InChI is InChI=1S/C12H16ClN3O/c1-12(6-2-3-9(12)14)11(17)16-10-5-4-8(13)7-15-10/h4-5,7,9H,2-3,6,14H2,1H3,(H,15,16,17). The van der Waals surface area contributed by atoms with E-state index in [2.05, 4.69) is 10.3 Å². The Labute approximate surface area is 106 Å². The number of aromatic nitrogens is 1. The first-order chi connectivity index (χ1) is 8.02. The fourth-order valence-electron chi connectivity index (χ4n) is 2.18. The van der Waals surface area contributed by atoms with Gasteiger partial charge in [-0.2, -0.15) is 0 Å².